The monoisotopic (exact) mass is 269 g/mol. The molecule has 0 aliphatic rings. The van der Waals surface area contributed by atoms with Crippen LogP contribution >= 0.6 is 0 Å². The van der Waals surface area contributed by atoms with Crippen molar-refractivity contribution in [2.75, 3.05) is 12.4 Å². The van der Waals surface area contributed by atoms with Crippen LogP contribution in [-0.2, 0) is 13.0 Å². The molecule has 1 N–H and O–H groups in total. The molecule has 0 amide bonds. The fraction of sp³-hybridized carbons (Fsp3) is 0.333. The second kappa shape index (κ2) is 6.99. The SMILES string of the molecule is CCCc1ccccc1NCc1ccc(OC)c(C)c1. The summed E-state index contributed by atoms with van der Waals surface area (Å²) in [7, 11) is 1.71. The molecule has 106 valence electrons. The predicted octanol–water partition coefficient (Wildman–Crippen LogP) is 4.57. The molecular formula is C18H23NO. The van der Waals surface area contributed by atoms with Gasteiger partial charge in [-0.25, -0.2) is 0 Å². The van der Waals surface area contributed by atoms with Crippen molar-refractivity contribution < 1.29 is 4.74 Å². The van der Waals surface area contributed by atoms with Crippen molar-refractivity contribution in [2.45, 2.75) is 33.2 Å². The van der Waals surface area contributed by atoms with Gasteiger partial charge in [0.2, 0.25) is 0 Å². The van der Waals surface area contributed by atoms with Gasteiger partial charge >= 0.3 is 0 Å². The average molecular weight is 269 g/mol. The number of aryl methyl sites for hydroxylation is 2. The van der Waals surface area contributed by atoms with Crippen LogP contribution in [0.4, 0.5) is 5.69 Å². The first-order valence-corrected chi connectivity index (χ1v) is 7.20. The van der Waals surface area contributed by atoms with E-state index in [1.54, 1.807) is 7.11 Å². The normalized spacial score (nSPS) is 10.3. The van der Waals surface area contributed by atoms with Crippen LogP contribution in [0, 0.1) is 6.92 Å². The molecule has 2 aromatic carbocycles. The Balaban J connectivity index is 2.07. The molecule has 0 spiro atoms. The number of ether oxygens (including phenoxy) is 1. The smallest absolute Gasteiger partial charge is 0.121 e. The van der Waals surface area contributed by atoms with E-state index in [0.29, 0.717) is 0 Å². The summed E-state index contributed by atoms with van der Waals surface area (Å²) < 4.78 is 5.29. The number of para-hydroxylation sites is 1. The van der Waals surface area contributed by atoms with E-state index in [1.165, 1.54) is 28.8 Å². The summed E-state index contributed by atoms with van der Waals surface area (Å²) in [5.41, 5.74) is 5.08. The summed E-state index contributed by atoms with van der Waals surface area (Å²) in [6.45, 7) is 5.13. The van der Waals surface area contributed by atoms with Gasteiger partial charge in [-0.05, 0) is 42.2 Å². The topological polar surface area (TPSA) is 21.3 Å². The second-order valence-corrected chi connectivity index (χ2v) is 5.06. The molecule has 2 heteroatoms. The number of nitrogens with one attached hydrogen (secondary N) is 1. The molecule has 0 atom stereocenters. The number of hydrogen-bond acceptors (Lipinski definition) is 2. The number of hydrogen-bond donors (Lipinski definition) is 1. The lowest BCUT2D eigenvalue weighted by Crippen LogP contribution is -2.03. The van der Waals surface area contributed by atoms with Crippen LogP contribution < -0.4 is 10.1 Å². The average Bonchev–Trinajstić information content (AvgIpc) is 2.47. The van der Waals surface area contributed by atoms with Gasteiger partial charge < -0.3 is 10.1 Å². The zero-order valence-electron chi connectivity index (χ0n) is 12.6. The van der Waals surface area contributed by atoms with Gasteiger partial charge in [-0.3, -0.25) is 0 Å². The third-order valence-electron chi connectivity index (χ3n) is 3.48. The van der Waals surface area contributed by atoms with E-state index in [1.807, 2.05) is 6.07 Å². The number of benzene rings is 2. The predicted molar refractivity (Wildman–Crippen MR) is 85.5 cm³/mol. The standard InChI is InChI=1S/C18H23NO/c1-4-7-16-8-5-6-9-17(16)19-13-15-10-11-18(20-3)14(2)12-15/h5-6,8-12,19H,4,7,13H2,1-3H3. The maximum absolute atomic E-state index is 5.29. The maximum atomic E-state index is 5.29. The molecule has 2 aromatic rings. The van der Waals surface area contributed by atoms with Gasteiger partial charge in [0, 0.05) is 12.2 Å². The maximum Gasteiger partial charge on any atom is 0.121 e. The Kier molecular flexibility index (Phi) is 5.05. The van der Waals surface area contributed by atoms with E-state index in [0.717, 1.165) is 18.7 Å². The molecule has 2 nitrogen and oxygen atoms in total. The summed E-state index contributed by atoms with van der Waals surface area (Å²) in [6, 6.07) is 14.9. The van der Waals surface area contributed by atoms with Gasteiger partial charge in [-0.15, -0.1) is 0 Å². The lowest BCUT2D eigenvalue weighted by atomic mass is 10.1. The van der Waals surface area contributed by atoms with Crippen molar-refractivity contribution >= 4 is 5.69 Å². The molecule has 0 heterocycles. The summed E-state index contributed by atoms with van der Waals surface area (Å²) in [5.74, 6) is 0.945. The Morgan fingerprint density at radius 2 is 1.90 bits per heavy atom. The van der Waals surface area contributed by atoms with Crippen molar-refractivity contribution in [1.29, 1.82) is 0 Å². The second-order valence-electron chi connectivity index (χ2n) is 5.06. The van der Waals surface area contributed by atoms with E-state index in [4.69, 9.17) is 4.74 Å². The molecule has 0 aliphatic carbocycles. The van der Waals surface area contributed by atoms with Crippen molar-refractivity contribution in [3.05, 3.63) is 59.2 Å². The quantitative estimate of drug-likeness (QED) is 0.829. The molecule has 20 heavy (non-hydrogen) atoms. The summed E-state index contributed by atoms with van der Waals surface area (Å²) in [4.78, 5) is 0. The molecule has 2 rings (SSSR count). The molecule has 0 aromatic heterocycles. The Morgan fingerprint density at radius 3 is 2.60 bits per heavy atom. The van der Waals surface area contributed by atoms with Crippen molar-refractivity contribution in [1.82, 2.24) is 0 Å². The van der Waals surface area contributed by atoms with Gasteiger partial charge in [-0.1, -0.05) is 43.7 Å². The van der Waals surface area contributed by atoms with Gasteiger partial charge in [0.1, 0.15) is 5.75 Å². The Bertz CT molecular complexity index is 563. The number of rotatable bonds is 6. The Hall–Kier alpha value is -1.96. The minimum atomic E-state index is 0.839. The molecule has 0 unspecified atom stereocenters. The highest BCUT2D eigenvalue weighted by atomic mass is 16.5. The molecular weight excluding hydrogens is 246 g/mol. The molecule has 0 bridgehead atoms. The van der Waals surface area contributed by atoms with Crippen LogP contribution in [0.25, 0.3) is 0 Å². The van der Waals surface area contributed by atoms with E-state index < -0.39 is 0 Å². The first kappa shape index (κ1) is 14.4. The molecule has 0 fully saturated rings. The highest BCUT2D eigenvalue weighted by Gasteiger charge is 2.02. The van der Waals surface area contributed by atoms with E-state index in [-0.39, 0.29) is 0 Å². The largest absolute Gasteiger partial charge is 0.496 e. The highest BCUT2D eigenvalue weighted by Crippen LogP contribution is 2.21. The molecule has 0 saturated carbocycles. The van der Waals surface area contributed by atoms with Gasteiger partial charge in [0.25, 0.3) is 0 Å². The molecule has 0 radical (unpaired) electrons. The summed E-state index contributed by atoms with van der Waals surface area (Å²) >= 11 is 0. The Labute approximate surface area is 121 Å². The number of methoxy groups -OCH3 is 1. The van der Waals surface area contributed by atoms with Crippen LogP contribution in [0.3, 0.4) is 0 Å². The van der Waals surface area contributed by atoms with Crippen molar-refractivity contribution in [2.24, 2.45) is 0 Å². The first-order chi connectivity index (χ1) is 9.74. The minimum absolute atomic E-state index is 0.839. The minimum Gasteiger partial charge on any atom is -0.496 e. The third-order valence-corrected chi connectivity index (χ3v) is 3.48. The lowest BCUT2D eigenvalue weighted by Gasteiger charge is -2.12. The highest BCUT2D eigenvalue weighted by molar-refractivity contribution is 5.51. The summed E-state index contributed by atoms with van der Waals surface area (Å²) in [6.07, 6.45) is 2.28. The number of anilines is 1. The fourth-order valence-electron chi connectivity index (χ4n) is 2.43. The lowest BCUT2D eigenvalue weighted by molar-refractivity contribution is 0.411. The molecule has 0 saturated heterocycles. The van der Waals surface area contributed by atoms with Crippen molar-refractivity contribution in [3.8, 4) is 5.75 Å². The van der Waals surface area contributed by atoms with Crippen LogP contribution in [0.1, 0.15) is 30.0 Å². The van der Waals surface area contributed by atoms with E-state index in [9.17, 15) is 0 Å². The zero-order chi connectivity index (χ0) is 14.4. The van der Waals surface area contributed by atoms with Crippen LogP contribution in [0.5, 0.6) is 5.75 Å². The summed E-state index contributed by atoms with van der Waals surface area (Å²) in [5, 5.41) is 3.54. The van der Waals surface area contributed by atoms with Crippen molar-refractivity contribution in [3.63, 3.8) is 0 Å². The third kappa shape index (κ3) is 3.53. The van der Waals surface area contributed by atoms with E-state index >= 15 is 0 Å². The van der Waals surface area contributed by atoms with Crippen LogP contribution in [0.2, 0.25) is 0 Å². The van der Waals surface area contributed by atoms with E-state index in [2.05, 4.69) is 55.6 Å². The van der Waals surface area contributed by atoms with Crippen LogP contribution in [-0.4, -0.2) is 7.11 Å². The van der Waals surface area contributed by atoms with Crippen LogP contribution in [0.15, 0.2) is 42.5 Å². The van der Waals surface area contributed by atoms with Gasteiger partial charge in [0.05, 0.1) is 7.11 Å². The fourth-order valence-corrected chi connectivity index (χ4v) is 2.43. The first-order valence-electron chi connectivity index (χ1n) is 7.20. The zero-order valence-corrected chi connectivity index (χ0v) is 12.6. The van der Waals surface area contributed by atoms with Gasteiger partial charge in [0.15, 0.2) is 0 Å². The Morgan fingerprint density at radius 1 is 1.10 bits per heavy atom. The van der Waals surface area contributed by atoms with Gasteiger partial charge in [-0.2, -0.15) is 0 Å². The molecule has 0 aliphatic heterocycles.